The highest BCUT2D eigenvalue weighted by molar-refractivity contribution is 5.77. The predicted molar refractivity (Wildman–Crippen MR) is 105 cm³/mol. The second-order valence-corrected chi connectivity index (χ2v) is 8.81. The van der Waals surface area contributed by atoms with Gasteiger partial charge in [-0.1, -0.05) is 0 Å². The second kappa shape index (κ2) is 7.20. The van der Waals surface area contributed by atoms with Crippen molar-refractivity contribution >= 4 is 5.91 Å². The Bertz CT molecular complexity index is 1100. The van der Waals surface area contributed by atoms with Crippen molar-refractivity contribution in [1.82, 2.24) is 24.6 Å². The minimum absolute atomic E-state index is 0.0964. The van der Waals surface area contributed by atoms with Crippen LogP contribution in [0.25, 0.3) is 0 Å². The Kier molecular flexibility index (Phi) is 4.71. The molecular formula is C21H24F3N5O2. The molecule has 166 valence electrons. The van der Waals surface area contributed by atoms with E-state index in [0.717, 1.165) is 25.0 Å². The van der Waals surface area contributed by atoms with Gasteiger partial charge in [-0.2, -0.15) is 18.3 Å². The minimum Gasteiger partial charge on any atom is -0.334 e. The summed E-state index contributed by atoms with van der Waals surface area (Å²) in [4.78, 5) is 34.7. The van der Waals surface area contributed by atoms with Crippen molar-refractivity contribution in [2.24, 2.45) is 0 Å². The van der Waals surface area contributed by atoms with Gasteiger partial charge in [0, 0.05) is 41.7 Å². The maximum Gasteiger partial charge on any atom is 0.435 e. The molecule has 5 rings (SSSR count). The Morgan fingerprint density at radius 2 is 1.84 bits per heavy atom. The summed E-state index contributed by atoms with van der Waals surface area (Å²) in [5.41, 5.74) is 1.09. The molecule has 2 aromatic heterocycles. The van der Waals surface area contributed by atoms with Gasteiger partial charge in [0.05, 0.1) is 5.69 Å². The molecule has 2 bridgehead atoms. The number of H-pyrrole nitrogens is 1. The molecule has 3 aliphatic rings. The van der Waals surface area contributed by atoms with Crippen molar-refractivity contribution < 1.29 is 18.0 Å². The van der Waals surface area contributed by atoms with E-state index in [0.29, 0.717) is 49.2 Å². The molecule has 10 heteroatoms. The first-order valence-corrected chi connectivity index (χ1v) is 10.8. The number of nitrogens with zero attached hydrogens (tertiary/aromatic N) is 4. The van der Waals surface area contributed by atoms with E-state index in [4.69, 9.17) is 0 Å². The van der Waals surface area contributed by atoms with Gasteiger partial charge in [0.25, 0.3) is 5.56 Å². The molecule has 1 N–H and O–H groups in total. The fourth-order valence-electron chi connectivity index (χ4n) is 5.52. The number of alkyl halides is 3. The molecule has 0 saturated carbocycles. The Morgan fingerprint density at radius 1 is 1.13 bits per heavy atom. The first-order chi connectivity index (χ1) is 14.7. The van der Waals surface area contributed by atoms with Gasteiger partial charge in [-0.05, 0) is 45.4 Å². The van der Waals surface area contributed by atoms with Crippen molar-refractivity contribution in [3.05, 3.63) is 44.4 Å². The van der Waals surface area contributed by atoms with Gasteiger partial charge >= 0.3 is 6.18 Å². The topological polar surface area (TPSA) is 83.9 Å². The van der Waals surface area contributed by atoms with Crippen molar-refractivity contribution in [2.75, 3.05) is 0 Å². The number of aromatic nitrogens is 4. The average Bonchev–Trinajstić information content (AvgIpc) is 3.20. The van der Waals surface area contributed by atoms with Crippen LogP contribution in [0.4, 0.5) is 13.2 Å². The highest BCUT2D eigenvalue weighted by atomic mass is 19.4. The molecule has 2 aromatic rings. The van der Waals surface area contributed by atoms with Crippen LogP contribution in [0.1, 0.15) is 59.7 Å². The molecule has 1 amide bonds. The summed E-state index contributed by atoms with van der Waals surface area (Å²) < 4.78 is 41.7. The molecule has 1 fully saturated rings. The van der Waals surface area contributed by atoms with Crippen LogP contribution < -0.4 is 5.56 Å². The van der Waals surface area contributed by atoms with Gasteiger partial charge in [-0.15, -0.1) is 0 Å². The van der Waals surface area contributed by atoms with E-state index >= 15 is 0 Å². The number of carbonyl (C=O) groups excluding carboxylic acids is 1. The van der Waals surface area contributed by atoms with E-state index in [1.54, 1.807) is 11.8 Å². The standard InChI is InChI=1S/C21H24F3N5O2/c1-11-25-16-9-13-7-6-12(8-15(16)20(31)26-11)29(13)18(30)10-28-17-5-3-2-4-14(17)19(27-28)21(22,23)24/h12-13H,2-10H2,1H3,(H,25,26,31). The Morgan fingerprint density at radius 3 is 2.58 bits per heavy atom. The molecule has 31 heavy (non-hydrogen) atoms. The number of carbonyl (C=O) groups is 1. The third kappa shape index (κ3) is 3.45. The summed E-state index contributed by atoms with van der Waals surface area (Å²) >= 11 is 0. The number of fused-ring (bicyclic) bond motifs is 4. The van der Waals surface area contributed by atoms with Crippen molar-refractivity contribution in [3.8, 4) is 0 Å². The van der Waals surface area contributed by atoms with Crippen LogP contribution in [0.15, 0.2) is 4.79 Å². The van der Waals surface area contributed by atoms with Gasteiger partial charge in [0.1, 0.15) is 12.4 Å². The summed E-state index contributed by atoms with van der Waals surface area (Å²) in [6.07, 6.45) is 0.303. The largest absolute Gasteiger partial charge is 0.435 e. The summed E-state index contributed by atoms with van der Waals surface area (Å²) in [7, 11) is 0. The van der Waals surface area contributed by atoms with Crippen LogP contribution in [0.2, 0.25) is 0 Å². The normalized spacial score (nSPS) is 22.8. The number of rotatable bonds is 2. The average molecular weight is 435 g/mol. The van der Waals surface area contributed by atoms with E-state index in [9.17, 15) is 22.8 Å². The summed E-state index contributed by atoms with van der Waals surface area (Å²) in [5.74, 6) is 0.306. The van der Waals surface area contributed by atoms with Crippen molar-refractivity contribution in [3.63, 3.8) is 0 Å². The van der Waals surface area contributed by atoms with Crippen LogP contribution >= 0.6 is 0 Å². The zero-order valence-corrected chi connectivity index (χ0v) is 17.3. The van der Waals surface area contributed by atoms with Gasteiger partial charge in [-0.25, -0.2) is 4.98 Å². The number of hydrogen-bond acceptors (Lipinski definition) is 4. The lowest BCUT2D eigenvalue weighted by atomic mass is 9.95. The van der Waals surface area contributed by atoms with E-state index in [1.807, 2.05) is 0 Å². The van der Waals surface area contributed by atoms with Crippen LogP contribution in [-0.4, -0.2) is 42.6 Å². The smallest absolute Gasteiger partial charge is 0.334 e. The number of nitrogens with one attached hydrogen (secondary N) is 1. The SMILES string of the molecule is Cc1nc2c(c(=O)[nH]1)CC1CCC(C2)N1C(=O)Cn1nc(C(F)(F)F)c2c1CCCC2. The van der Waals surface area contributed by atoms with E-state index in [-0.39, 0.29) is 35.7 Å². The van der Waals surface area contributed by atoms with Gasteiger partial charge < -0.3 is 9.88 Å². The number of amides is 1. The molecule has 0 radical (unpaired) electrons. The molecule has 7 nitrogen and oxygen atoms in total. The predicted octanol–water partition coefficient (Wildman–Crippen LogP) is 2.33. The fourth-order valence-corrected chi connectivity index (χ4v) is 5.52. The Labute approximate surface area is 176 Å². The Hall–Kier alpha value is -2.65. The third-order valence-corrected chi connectivity index (χ3v) is 6.81. The summed E-state index contributed by atoms with van der Waals surface area (Å²) in [6, 6.07) is -0.237. The second-order valence-electron chi connectivity index (χ2n) is 8.81. The lowest BCUT2D eigenvalue weighted by molar-refractivity contribution is -0.143. The molecule has 0 spiro atoms. The van der Waals surface area contributed by atoms with Crippen LogP contribution in [0.5, 0.6) is 0 Å². The Balaban J connectivity index is 1.44. The maximum atomic E-state index is 13.5. The first-order valence-electron chi connectivity index (χ1n) is 10.8. The van der Waals surface area contributed by atoms with Gasteiger partial charge in [0.2, 0.25) is 5.91 Å². The number of hydrogen-bond donors (Lipinski definition) is 1. The van der Waals surface area contributed by atoms with Crippen molar-refractivity contribution in [1.29, 1.82) is 0 Å². The quantitative estimate of drug-likeness (QED) is 0.785. The fraction of sp³-hybridized carbons (Fsp3) is 0.619. The molecule has 4 heterocycles. The molecule has 1 saturated heterocycles. The molecular weight excluding hydrogens is 411 g/mol. The van der Waals surface area contributed by atoms with Gasteiger partial charge in [-0.3, -0.25) is 14.3 Å². The van der Waals surface area contributed by atoms with Crippen LogP contribution in [0, 0.1) is 6.92 Å². The highest BCUT2D eigenvalue weighted by Crippen LogP contribution is 2.37. The number of aromatic amines is 1. The molecule has 0 aromatic carbocycles. The number of halogens is 3. The first kappa shape index (κ1) is 20.3. The summed E-state index contributed by atoms with van der Waals surface area (Å²) in [6.45, 7) is 1.53. The number of aryl methyl sites for hydroxylation is 1. The third-order valence-electron chi connectivity index (χ3n) is 6.81. The van der Waals surface area contributed by atoms with E-state index in [1.165, 1.54) is 4.68 Å². The maximum absolute atomic E-state index is 13.5. The van der Waals surface area contributed by atoms with Crippen LogP contribution in [0.3, 0.4) is 0 Å². The minimum atomic E-state index is -4.52. The van der Waals surface area contributed by atoms with Gasteiger partial charge in [0.15, 0.2) is 5.69 Å². The van der Waals surface area contributed by atoms with E-state index in [2.05, 4.69) is 15.1 Å². The van der Waals surface area contributed by atoms with Crippen LogP contribution in [-0.2, 0) is 43.2 Å². The van der Waals surface area contributed by atoms with E-state index < -0.39 is 11.9 Å². The zero-order valence-electron chi connectivity index (χ0n) is 17.3. The molecule has 1 aliphatic carbocycles. The summed E-state index contributed by atoms with van der Waals surface area (Å²) in [5, 5.41) is 3.83. The molecule has 2 unspecified atom stereocenters. The lowest BCUT2D eigenvalue weighted by Crippen LogP contribution is -2.43. The zero-order chi connectivity index (χ0) is 21.9. The lowest BCUT2D eigenvalue weighted by Gasteiger charge is -2.28. The highest BCUT2D eigenvalue weighted by Gasteiger charge is 2.43. The monoisotopic (exact) mass is 435 g/mol. The van der Waals surface area contributed by atoms with Crippen molar-refractivity contribution in [2.45, 2.75) is 83.1 Å². The molecule has 2 aliphatic heterocycles. The molecule has 2 atom stereocenters.